The van der Waals surface area contributed by atoms with Crippen LogP contribution in [0, 0.1) is 0 Å². The fourth-order valence-electron chi connectivity index (χ4n) is 1.14. The SMILES string of the molecule is OC[C@@H](O)[C@@H](O)[C@@H](O)CO.OC[C@@H](O)[C@@H](O)[C@H](O)[C@H](O)CO. The Kier molecular flexibility index (Phi) is 14.1. The fraction of sp³-hybridized carbons (Fsp3) is 1.00. The summed E-state index contributed by atoms with van der Waals surface area (Å²) in [4.78, 5) is 0. The van der Waals surface area contributed by atoms with Crippen molar-refractivity contribution in [2.75, 3.05) is 26.4 Å². The average molecular weight is 334 g/mol. The second-order valence-electron chi connectivity index (χ2n) is 4.47. The van der Waals surface area contributed by atoms with Crippen molar-refractivity contribution >= 4 is 0 Å². The van der Waals surface area contributed by atoms with Crippen LogP contribution in [0.25, 0.3) is 0 Å². The third-order valence-electron chi connectivity index (χ3n) is 2.68. The maximum atomic E-state index is 8.96. The van der Waals surface area contributed by atoms with E-state index in [1.807, 2.05) is 0 Å². The molecule has 0 radical (unpaired) electrons. The van der Waals surface area contributed by atoms with Gasteiger partial charge < -0.3 is 56.2 Å². The highest BCUT2D eigenvalue weighted by Crippen LogP contribution is 2.04. The molecule has 0 amide bonds. The molecular weight excluding hydrogens is 308 g/mol. The van der Waals surface area contributed by atoms with Gasteiger partial charge in [-0.15, -0.1) is 0 Å². The van der Waals surface area contributed by atoms with Crippen LogP contribution in [0.5, 0.6) is 0 Å². The molecule has 22 heavy (non-hydrogen) atoms. The molecule has 0 bridgehead atoms. The van der Waals surface area contributed by atoms with Crippen molar-refractivity contribution in [2.45, 2.75) is 42.7 Å². The largest absolute Gasteiger partial charge is 0.394 e. The molecule has 0 unspecified atom stereocenters. The monoisotopic (exact) mass is 334 g/mol. The summed E-state index contributed by atoms with van der Waals surface area (Å²) in [6.07, 6.45) is -10.7. The quantitative estimate of drug-likeness (QED) is 0.190. The van der Waals surface area contributed by atoms with E-state index in [-0.39, 0.29) is 0 Å². The molecule has 0 aromatic heterocycles. The lowest BCUT2D eigenvalue weighted by Crippen LogP contribution is -2.46. The Morgan fingerprint density at radius 1 is 0.364 bits per heavy atom. The molecule has 0 fully saturated rings. The Labute approximate surface area is 126 Å². The van der Waals surface area contributed by atoms with Crippen LogP contribution in [0.3, 0.4) is 0 Å². The maximum absolute atomic E-state index is 8.96. The molecule has 0 spiro atoms. The minimum absolute atomic E-state index is 0.641. The molecule has 136 valence electrons. The van der Waals surface area contributed by atoms with Crippen LogP contribution in [-0.2, 0) is 0 Å². The van der Waals surface area contributed by atoms with Gasteiger partial charge in [0.15, 0.2) is 0 Å². The number of hydrogen-bond donors (Lipinski definition) is 11. The highest BCUT2D eigenvalue weighted by atomic mass is 16.4. The van der Waals surface area contributed by atoms with Crippen molar-refractivity contribution < 1.29 is 56.2 Å². The van der Waals surface area contributed by atoms with Crippen LogP contribution in [0.1, 0.15) is 0 Å². The summed E-state index contributed by atoms with van der Waals surface area (Å²) in [5.41, 5.74) is 0. The first kappa shape index (κ1) is 23.8. The minimum Gasteiger partial charge on any atom is -0.394 e. The smallest absolute Gasteiger partial charge is 0.111 e. The van der Waals surface area contributed by atoms with Gasteiger partial charge in [0.05, 0.1) is 26.4 Å². The molecular formula is C11H26O11. The van der Waals surface area contributed by atoms with E-state index >= 15 is 0 Å². The molecule has 0 aliphatic rings. The predicted octanol–water partition coefficient (Wildman–Crippen LogP) is -6.53. The lowest BCUT2D eigenvalue weighted by atomic mass is 10.0. The zero-order chi connectivity index (χ0) is 17.9. The number of aliphatic hydroxyl groups is 11. The molecule has 0 heterocycles. The van der Waals surface area contributed by atoms with E-state index in [1.54, 1.807) is 0 Å². The van der Waals surface area contributed by atoms with Crippen LogP contribution in [0.15, 0.2) is 0 Å². The van der Waals surface area contributed by atoms with Gasteiger partial charge in [-0.3, -0.25) is 0 Å². The molecule has 11 N–H and O–H groups in total. The zero-order valence-corrected chi connectivity index (χ0v) is 11.8. The first-order valence-electron chi connectivity index (χ1n) is 6.37. The minimum atomic E-state index is -1.67. The predicted molar refractivity (Wildman–Crippen MR) is 70.4 cm³/mol. The maximum Gasteiger partial charge on any atom is 0.111 e. The van der Waals surface area contributed by atoms with Gasteiger partial charge in [0.1, 0.15) is 42.7 Å². The third-order valence-corrected chi connectivity index (χ3v) is 2.68. The molecule has 0 rings (SSSR count). The molecule has 11 nitrogen and oxygen atoms in total. The molecule has 0 aromatic rings. The van der Waals surface area contributed by atoms with Crippen molar-refractivity contribution in [1.29, 1.82) is 0 Å². The van der Waals surface area contributed by atoms with Crippen molar-refractivity contribution in [2.24, 2.45) is 0 Å². The van der Waals surface area contributed by atoms with Gasteiger partial charge in [0.2, 0.25) is 0 Å². The summed E-state index contributed by atoms with van der Waals surface area (Å²) in [7, 11) is 0. The Balaban J connectivity index is 0. The summed E-state index contributed by atoms with van der Waals surface area (Å²) < 4.78 is 0. The average Bonchev–Trinajstić information content (AvgIpc) is 2.56. The third kappa shape index (κ3) is 8.87. The van der Waals surface area contributed by atoms with Crippen LogP contribution in [0.4, 0.5) is 0 Å². The van der Waals surface area contributed by atoms with Gasteiger partial charge in [0.25, 0.3) is 0 Å². The van der Waals surface area contributed by atoms with Crippen molar-refractivity contribution in [3.63, 3.8) is 0 Å². The molecule has 11 heteroatoms. The number of rotatable bonds is 9. The summed E-state index contributed by atoms with van der Waals surface area (Å²) in [6, 6.07) is 0. The van der Waals surface area contributed by atoms with Gasteiger partial charge in [-0.2, -0.15) is 0 Å². The van der Waals surface area contributed by atoms with Crippen molar-refractivity contribution in [3.8, 4) is 0 Å². The van der Waals surface area contributed by atoms with Gasteiger partial charge in [-0.1, -0.05) is 0 Å². The Hall–Kier alpha value is -0.440. The van der Waals surface area contributed by atoms with Crippen molar-refractivity contribution in [1.82, 2.24) is 0 Å². The Morgan fingerprint density at radius 2 is 0.545 bits per heavy atom. The highest BCUT2D eigenvalue weighted by molar-refractivity contribution is 4.79. The lowest BCUT2D eigenvalue weighted by Gasteiger charge is -2.24. The van der Waals surface area contributed by atoms with E-state index in [4.69, 9.17) is 56.2 Å². The summed E-state index contributed by atoms with van der Waals surface area (Å²) in [5, 5.41) is 94.8. The normalized spacial score (nSPS) is 20.9. The summed E-state index contributed by atoms with van der Waals surface area (Å²) >= 11 is 0. The van der Waals surface area contributed by atoms with Gasteiger partial charge in [-0.25, -0.2) is 0 Å². The highest BCUT2D eigenvalue weighted by Gasteiger charge is 2.29. The van der Waals surface area contributed by atoms with Crippen LogP contribution >= 0.6 is 0 Å². The van der Waals surface area contributed by atoms with Gasteiger partial charge >= 0.3 is 0 Å². The summed E-state index contributed by atoms with van der Waals surface area (Å²) in [6.45, 7) is -2.73. The lowest BCUT2D eigenvalue weighted by molar-refractivity contribution is -0.123. The van der Waals surface area contributed by atoms with Crippen LogP contribution < -0.4 is 0 Å². The van der Waals surface area contributed by atoms with E-state index in [9.17, 15) is 0 Å². The topological polar surface area (TPSA) is 223 Å². The van der Waals surface area contributed by atoms with E-state index in [2.05, 4.69) is 0 Å². The fourth-order valence-corrected chi connectivity index (χ4v) is 1.14. The zero-order valence-electron chi connectivity index (χ0n) is 11.8. The molecule has 0 aromatic carbocycles. The Morgan fingerprint density at radius 3 is 0.727 bits per heavy atom. The number of hydrogen-bond acceptors (Lipinski definition) is 11. The van der Waals surface area contributed by atoms with Crippen LogP contribution in [0.2, 0.25) is 0 Å². The first-order valence-corrected chi connectivity index (χ1v) is 6.37. The van der Waals surface area contributed by atoms with Crippen LogP contribution in [-0.4, -0.2) is 125 Å². The van der Waals surface area contributed by atoms with E-state index in [1.165, 1.54) is 0 Å². The molecule has 0 aliphatic carbocycles. The van der Waals surface area contributed by atoms with Crippen molar-refractivity contribution in [3.05, 3.63) is 0 Å². The van der Waals surface area contributed by atoms with Gasteiger partial charge in [-0.05, 0) is 0 Å². The molecule has 7 atom stereocenters. The first-order chi connectivity index (χ1) is 10.2. The summed E-state index contributed by atoms with van der Waals surface area (Å²) in [5.74, 6) is 0. The molecule has 0 saturated heterocycles. The molecule has 0 saturated carbocycles. The second-order valence-corrected chi connectivity index (χ2v) is 4.47. The van der Waals surface area contributed by atoms with E-state index in [0.717, 1.165) is 0 Å². The number of aliphatic hydroxyl groups excluding tert-OH is 11. The second kappa shape index (κ2) is 13.0. The van der Waals surface area contributed by atoms with E-state index < -0.39 is 69.2 Å². The Bertz CT molecular complexity index is 230. The van der Waals surface area contributed by atoms with E-state index in [0.29, 0.717) is 0 Å². The van der Waals surface area contributed by atoms with Gasteiger partial charge in [0, 0.05) is 0 Å². The molecule has 0 aliphatic heterocycles. The standard InChI is InChI=1S/C6H14O6.C5H12O5/c7-1-3(9)5(11)6(12)4(10)2-8;6-1-3(8)5(10)4(9)2-7/h3-12H,1-2H2;3-10H,1-2H2/t3-,4-,5-,6-;3-,4+,5-/m1./s1.